The van der Waals surface area contributed by atoms with E-state index >= 15 is 0 Å². The highest BCUT2D eigenvalue weighted by atomic mass is 127. The average molecular weight is 562 g/mol. The maximum absolute atomic E-state index is 10.9. The van der Waals surface area contributed by atoms with Crippen LogP contribution in [-0.4, -0.2) is 10.2 Å². The number of halogens is 2. The molecular weight excluding hydrogens is 538 g/mol. The number of hydrogen-bond donors (Lipinski definition) is 2. The third-order valence-corrected chi connectivity index (χ3v) is 6.68. The lowest BCUT2D eigenvalue weighted by Crippen LogP contribution is -1.99. The van der Waals surface area contributed by atoms with Gasteiger partial charge in [0.1, 0.15) is 11.5 Å². The Morgan fingerprint density at radius 2 is 1.68 bits per heavy atom. The maximum Gasteiger partial charge on any atom is 0.140 e. The Bertz CT molecular complexity index is 781. The Morgan fingerprint density at radius 1 is 1.08 bits per heavy atom. The van der Waals surface area contributed by atoms with Gasteiger partial charge in [-0.3, -0.25) is 0 Å². The minimum absolute atomic E-state index is 0.165. The molecule has 4 heteroatoms. The molecule has 2 N–H and O–H groups in total. The third-order valence-electron chi connectivity index (χ3n) is 4.35. The van der Waals surface area contributed by atoms with Crippen LogP contribution in [0.4, 0.5) is 0 Å². The monoisotopic (exact) mass is 562 g/mol. The first-order valence-electron chi connectivity index (χ1n) is 8.48. The second kappa shape index (κ2) is 8.75. The van der Waals surface area contributed by atoms with Crippen molar-refractivity contribution in [2.75, 3.05) is 0 Å². The minimum atomic E-state index is 0.165. The first kappa shape index (κ1) is 20.6. The zero-order valence-electron chi connectivity index (χ0n) is 14.9. The molecule has 0 saturated heterocycles. The van der Waals surface area contributed by atoms with Gasteiger partial charge in [0.05, 0.1) is 12.7 Å². The van der Waals surface area contributed by atoms with Gasteiger partial charge in [0.15, 0.2) is 0 Å². The smallest absolute Gasteiger partial charge is 0.140 e. The molecule has 0 fully saturated rings. The quantitative estimate of drug-likeness (QED) is 0.293. The number of hydrogen-bond acceptors (Lipinski definition) is 2. The fraction of sp³-hybridized carbons (Fsp3) is 0.333. The van der Waals surface area contributed by atoms with E-state index in [0.717, 1.165) is 60.7 Å². The normalized spacial score (nSPS) is 10.9. The lowest BCUT2D eigenvalue weighted by atomic mass is 9.91. The molecule has 2 aromatic rings. The molecule has 0 bridgehead atoms. The molecular formula is C21H24I2O2. The lowest BCUT2D eigenvalue weighted by Gasteiger charge is -2.19. The second-order valence-electron chi connectivity index (χ2n) is 6.47. The Labute approximate surface area is 177 Å². The van der Waals surface area contributed by atoms with E-state index in [4.69, 9.17) is 0 Å². The molecule has 25 heavy (non-hydrogen) atoms. The van der Waals surface area contributed by atoms with Crippen molar-refractivity contribution in [3.05, 3.63) is 48.6 Å². The van der Waals surface area contributed by atoms with Crippen molar-refractivity contribution in [2.24, 2.45) is 0 Å². The Balaban J connectivity index is 2.69. The van der Waals surface area contributed by atoms with E-state index in [0.29, 0.717) is 5.56 Å². The average Bonchev–Trinajstić information content (AvgIpc) is 2.56. The summed E-state index contributed by atoms with van der Waals surface area (Å²) < 4.78 is 1.67. The van der Waals surface area contributed by atoms with Crippen molar-refractivity contribution >= 4 is 50.8 Å². The van der Waals surface area contributed by atoms with Gasteiger partial charge in [-0.05, 0) is 88.6 Å². The van der Waals surface area contributed by atoms with Gasteiger partial charge in [0, 0.05) is 0 Å². The van der Waals surface area contributed by atoms with E-state index in [1.807, 2.05) is 32.0 Å². The van der Waals surface area contributed by atoms with Crippen LogP contribution < -0.4 is 0 Å². The molecule has 2 aromatic carbocycles. The maximum atomic E-state index is 10.9. The van der Waals surface area contributed by atoms with E-state index in [-0.39, 0.29) is 11.5 Å². The fourth-order valence-electron chi connectivity index (χ4n) is 2.98. The van der Waals surface area contributed by atoms with Gasteiger partial charge < -0.3 is 10.2 Å². The summed E-state index contributed by atoms with van der Waals surface area (Å²) in [6, 6.07) is 6.03. The number of unbranched alkanes of at least 4 members (excludes halogenated alkanes) is 2. The third kappa shape index (κ3) is 4.32. The van der Waals surface area contributed by atoms with Gasteiger partial charge in [-0.2, -0.15) is 0 Å². The predicted octanol–water partition coefficient (Wildman–Crippen LogP) is 7.05. The molecule has 0 unspecified atom stereocenters. The predicted molar refractivity (Wildman–Crippen MR) is 123 cm³/mol. The van der Waals surface area contributed by atoms with E-state index in [1.54, 1.807) is 0 Å². The standard InChI is InChI=1S/C21H24I2O2/c1-5-6-7-8-15-18(22)20(24)17(21(25)19(15)23)16-11-13(4)9-10-14(16)12(2)3/h9-11,24-25H,2,5-8H2,1,3-4H3. The molecule has 134 valence electrons. The highest BCUT2D eigenvalue weighted by molar-refractivity contribution is 14.1. The number of phenolic OH excluding ortho intramolecular Hbond substituents is 2. The zero-order valence-corrected chi connectivity index (χ0v) is 19.2. The summed E-state index contributed by atoms with van der Waals surface area (Å²) in [5, 5.41) is 21.8. The molecule has 0 aliphatic rings. The number of benzene rings is 2. The summed E-state index contributed by atoms with van der Waals surface area (Å²) in [6.07, 6.45) is 4.22. The molecule has 0 radical (unpaired) electrons. The second-order valence-corrected chi connectivity index (χ2v) is 8.62. The van der Waals surface area contributed by atoms with Crippen LogP contribution in [0.25, 0.3) is 16.7 Å². The van der Waals surface area contributed by atoms with E-state index in [9.17, 15) is 10.2 Å². The summed E-state index contributed by atoms with van der Waals surface area (Å²) in [5.41, 5.74) is 5.31. The molecule has 2 nitrogen and oxygen atoms in total. The van der Waals surface area contributed by atoms with E-state index in [1.165, 1.54) is 0 Å². The first-order chi connectivity index (χ1) is 11.8. The summed E-state index contributed by atoms with van der Waals surface area (Å²) >= 11 is 4.40. The number of aryl methyl sites for hydroxylation is 1. The van der Waals surface area contributed by atoms with Gasteiger partial charge in [-0.1, -0.05) is 55.7 Å². The summed E-state index contributed by atoms with van der Waals surface area (Å²) in [7, 11) is 0. The van der Waals surface area contributed by atoms with Crippen LogP contribution in [0.1, 0.15) is 49.8 Å². The topological polar surface area (TPSA) is 40.5 Å². The van der Waals surface area contributed by atoms with Crippen LogP contribution in [-0.2, 0) is 6.42 Å². The van der Waals surface area contributed by atoms with Gasteiger partial charge in [-0.15, -0.1) is 0 Å². The van der Waals surface area contributed by atoms with Crippen molar-refractivity contribution in [2.45, 2.75) is 46.5 Å². The molecule has 0 aromatic heterocycles. The molecule has 0 heterocycles. The Kier molecular flexibility index (Phi) is 7.19. The summed E-state index contributed by atoms with van der Waals surface area (Å²) in [4.78, 5) is 0. The van der Waals surface area contributed by atoms with Crippen LogP contribution in [0.2, 0.25) is 0 Å². The molecule has 0 amide bonds. The van der Waals surface area contributed by atoms with Crippen molar-refractivity contribution in [3.63, 3.8) is 0 Å². The molecule has 0 saturated carbocycles. The number of rotatable bonds is 6. The number of aromatic hydroxyl groups is 2. The Hall–Kier alpha value is -0.760. The molecule has 0 spiro atoms. The van der Waals surface area contributed by atoms with Gasteiger partial charge >= 0.3 is 0 Å². The largest absolute Gasteiger partial charge is 0.506 e. The van der Waals surface area contributed by atoms with Crippen LogP contribution in [0.15, 0.2) is 24.8 Å². The van der Waals surface area contributed by atoms with Gasteiger partial charge in [0.25, 0.3) is 0 Å². The van der Waals surface area contributed by atoms with Crippen LogP contribution >= 0.6 is 45.2 Å². The highest BCUT2D eigenvalue weighted by Crippen LogP contribution is 2.47. The van der Waals surface area contributed by atoms with Crippen molar-refractivity contribution in [3.8, 4) is 22.6 Å². The molecule has 2 rings (SSSR count). The first-order valence-corrected chi connectivity index (χ1v) is 10.6. The molecule has 0 aliphatic carbocycles. The van der Waals surface area contributed by atoms with Gasteiger partial charge in [-0.25, -0.2) is 0 Å². The lowest BCUT2D eigenvalue weighted by molar-refractivity contribution is 0.447. The van der Waals surface area contributed by atoms with Crippen LogP contribution in [0, 0.1) is 14.1 Å². The Morgan fingerprint density at radius 3 is 2.20 bits per heavy atom. The SMILES string of the molecule is C=C(C)c1ccc(C)cc1-c1c(O)c(I)c(CCCCC)c(I)c1O. The van der Waals surface area contributed by atoms with Crippen molar-refractivity contribution in [1.29, 1.82) is 0 Å². The van der Waals surface area contributed by atoms with Crippen LogP contribution in [0.3, 0.4) is 0 Å². The number of allylic oxidation sites excluding steroid dienone is 1. The zero-order chi connectivity index (χ0) is 18.7. The highest BCUT2D eigenvalue weighted by Gasteiger charge is 2.23. The van der Waals surface area contributed by atoms with E-state index < -0.39 is 0 Å². The van der Waals surface area contributed by atoms with E-state index in [2.05, 4.69) is 58.7 Å². The van der Waals surface area contributed by atoms with Crippen molar-refractivity contribution < 1.29 is 10.2 Å². The fourth-order valence-corrected chi connectivity index (χ4v) is 5.11. The summed E-state index contributed by atoms with van der Waals surface area (Å²) in [6.45, 7) is 10.2. The van der Waals surface area contributed by atoms with Crippen LogP contribution in [0.5, 0.6) is 11.5 Å². The molecule has 0 atom stereocenters. The molecule has 0 aliphatic heterocycles. The number of phenols is 2. The van der Waals surface area contributed by atoms with Crippen molar-refractivity contribution in [1.82, 2.24) is 0 Å². The van der Waals surface area contributed by atoms with Gasteiger partial charge in [0.2, 0.25) is 0 Å². The summed E-state index contributed by atoms with van der Waals surface area (Å²) in [5.74, 6) is 0.330. The minimum Gasteiger partial charge on any atom is -0.506 e.